The lowest BCUT2D eigenvalue weighted by Crippen LogP contribution is -2.33. The number of nitrogens with zero attached hydrogens (tertiary/aromatic N) is 1. The van der Waals surface area contributed by atoms with Crippen LogP contribution in [0.25, 0.3) is 0 Å². The van der Waals surface area contributed by atoms with Crippen molar-refractivity contribution < 1.29 is 4.74 Å². The van der Waals surface area contributed by atoms with Crippen LogP contribution in [-0.2, 0) is 0 Å². The molecule has 0 amide bonds. The molecular weight excluding hydrogens is 198 g/mol. The van der Waals surface area contributed by atoms with Crippen LogP contribution in [0, 0.1) is 13.3 Å². The Balaban J connectivity index is 1.69. The third-order valence-electron chi connectivity index (χ3n) is 3.00. The summed E-state index contributed by atoms with van der Waals surface area (Å²) in [5.41, 5.74) is 1.28. The molecule has 87 valence electrons. The van der Waals surface area contributed by atoms with E-state index >= 15 is 0 Å². The summed E-state index contributed by atoms with van der Waals surface area (Å²) in [5.74, 6) is 0.981. The summed E-state index contributed by atoms with van der Waals surface area (Å²) in [5, 5.41) is 0. The smallest absolute Gasteiger partial charge is 0.119 e. The first-order chi connectivity index (χ1) is 7.84. The molecule has 1 aliphatic rings. The second-order valence-electron chi connectivity index (χ2n) is 4.37. The van der Waals surface area contributed by atoms with Crippen LogP contribution in [-0.4, -0.2) is 31.1 Å². The van der Waals surface area contributed by atoms with Gasteiger partial charge in [-0.05, 0) is 51.4 Å². The minimum Gasteiger partial charge on any atom is -0.492 e. The summed E-state index contributed by atoms with van der Waals surface area (Å²) >= 11 is 0. The largest absolute Gasteiger partial charge is 0.492 e. The lowest BCUT2D eigenvalue weighted by Gasteiger charge is -2.25. The van der Waals surface area contributed by atoms with Gasteiger partial charge in [-0.25, -0.2) is 0 Å². The van der Waals surface area contributed by atoms with Crippen molar-refractivity contribution in [3.8, 4) is 5.75 Å². The fourth-order valence-electron chi connectivity index (χ4n) is 1.95. The second kappa shape index (κ2) is 5.90. The molecule has 1 aromatic rings. The van der Waals surface area contributed by atoms with Crippen molar-refractivity contribution in [1.29, 1.82) is 0 Å². The second-order valence-corrected chi connectivity index (χ2v) is 4.37. The molecule has 1 aliphatic heterocycles. The number of hydrogen-bond donors (Lipinski definition) is 0. The highest BCUT2D eigenvalue weighted by Crippen LogP contribution is 2.12. The molecule has 0 bridgehead atoms. The molecule has 1 radical (unpaired) electrons. The van der Waals surface area contributed by atoms with Gasteiger partial charge in [-0.15, -0.1) is 0 Å². The predicted octanol–water partition coefficient (Wildman–Crippen LogP) is 2.67. The van der Waals surface area contributed by atoms with Crippen LogP contribution < -0.4 is 4.74 Å². The Morgan fingerprint density at radius 1 is 1.12 bits per heavy atom. The minimum atomic E-state index is 0.795. The van der Waals surface area contributed by atoms with E-state index in [1.807, 2.05) is 12.1 Å². The van der Waals surface area contributed by atoms with E-state index in [1.165, 1.54) is 31.5 Å². The minimum absolute atomic E-state index is 0.795. The zero-order valence-corrected chi connectivity index (χ0v) is 9.98. The molecule has 2 rings (SSSR count). The Bertz CT molecular complexity index is 301. The molecule has 1 aromatic carbocycles. The molecule has 0 saturated carbocycles. The monoisotopic (exact) mass is 218 g/mol. The van der Waals surface area contributed by atoms with Gasteiger partial charge in [0.25, 0.3) is 0 Å². The molecule has 0 aromatic heterocycles. The van der Waals surface area contributed by atoms with Gasteiger partial charge in [0.2, 0.25) is 0 Å². The van der Waals surface area contributed by atoms with Crippen LogP contribution in [0.3, 0.4) is 0 Å². The molecule has 1 heterocycles. The fraction of sp³-hybridized carbons (Fsp3) is 0.500. The Kier molecular flexibility index (Phi) is 4.23. The zero-order valence-electron chi connectivity index (χ0n) is 9.98. The van der Waals surface area contributed by atoms with E-state index in [1.54, 1.807) is 0 Å². The maximum atomic E-state index is 5.71. The van der Waals surface area contributed by atoms with E-state index in [9.17, 15) is 0 Å². The molecule has 1 saturated heterocycles. The fourth-order valence-corrected chi connectivity index (χ4v) is 1.95. The van der Waals surface area contributed by atoms with Crippen LogP contribution in [0.4, 0.5) is 0 Å². The Morgan fingerprint density at radius 3 is 2.50 bits per heavy atom. The van der Waals surface area contributed by atoms with Crippen molar-refractivity contribution in [3.63, 3.8) is 0 Å². The third kappa shape index (κ3) is 3.53. The molecule has 2 nitrogen and oxygen atoms in total. The molecule has 0 spiro atoms. The average Bonchev–Trinajstić information content (AvgIpc) is 2.33. The molecule has 0 aliphatic carbocycles. The lowest BCUT2D eigenvalue weighted by atomic mass is 10.1. The van der Waals surface area contributed by atoms with Crippen molar-refractivity contribution in [3.05, 3.63) is 36.2 Å². The molecule has 16 heavy (non-hydrogen) atoms. The molecule has 2 heteroatoms. The number of aryl methyl sites for hydroxylation is 1. The van der Waals surface area contributed by atoms with Gasteiger partial charge in [0.15, 0.2) is 0 Å². The standard InChI is InChI=1S/C14H20NO/c1-13-5-7-14(8-6-13)16-12-11-15-9-3-2-4-10-15/h2,5-8H,3-4,9-12H2,1H3. The molecule has 0 unspecified atom stereocenters. The Labute approximate surface area is 98.2 Å². The first-order valence-corrected chi connectivity index (χ1v) is 6.08. The van der Waals surface area contributed by atoms with E-state index in [0.29, 0.717) is 0 Å². The lowest BCUT2D eigenvalue weighted by molar-refractivity contribution is 0.198. The van der Waals surface area contributed by atoms with Gasteiger partial charge < -0.3 is 4.74 Å². The summed E-state index contributed by atoms with van der Waals surface area (Å²) in [6, 6.07) is 8.26. The molecule has 1 fully saturated rings. The van der Waals surface area contributed by atoms with Gasteiger partial charge >= 0.3 is 0 Å². The third-order valence-corrected chi connectivity index (χ3v) is 3.00. The Hall–Kier alpha value is -1.02. The van der Waals surface area contributed by atoms with Crippen molar-refractivity contribution in [1.82, 2.24) is 4.90 Å². The Morgan fingerprint density at radius 2 is 1.81 bits per heavy atom. The van der Waals surface area contributed by atoms with Gasteiger partial charge in [-0.2, -0.15) is 0 Å². The number of ether oxygens (including phenoxy) is 1. The van der Waals surface area contributed by atoms with Gasteiger partial charge in [-0.3, -0.25) is 4.90 Å². The van der Waals surface area contributed by atoms with Crippen LogP contribution in [0.2, 0.25) is 0 Å². The van der Waals surface area contributed by atoms with Gasteiger partial charge in [0.1, 0.15) is 12.4 Å². The van der Waals surface area contributed by atoms with E-state index in [4.69, 9.17) is 4.74 Å². The van der Waals surface area contributed by atoms with E-state index < -0.39 is 0 Å². The van der Waals surface area contributed by atoms with Crippen LogP contribution >= 0.6 is 0 Å². The summed E-state index contributed by atoms with van der Waals surface area (Å²) in [7, 11) is 0. The topological polar surface area (TPSA) is 12.5 Å². The van der Waals surface area contributed by atoms with Crippen molar-refractivity contribution in [2.75, 3.05) is 26.2 Å². The van der Waals surface area contributed by atoms with Crippen LogP contribution in [0.5, 0.6) is 5.75 Å². The highest BCUT2D eigenvalue weighted by atomic mass is 16.5. The van der Waals surface area contributed by atoms with Gasteiger partial charge in [0.05, 0.1) is 0 Å². The quantitative estimate of drug-likeness (QED) is 0.770. The van der Waals surface area contributed by atoms with Gasteiger partial charge in [-0.1, -0.05) is 17.7 Å². The highest BCUT2D eigenvalue weighted by Gasteiger charge is 2.09. The summed E-state index contributed by atoms with van der Waals surface area (Å²) < 4.78 is 5.71. The summed E-state index contributed by atoms with van der Waals surface area (Å²) in [4.78, 5) is 2.47. The highest BCUT2D eigenvalue weighted by molar-refractivity contribution is 5.26. The number of benzene rings is 1. The normalized spacial score (nSPS) is 17.3. The van der Waals surface area contributed by atoms with Crippen LogP contribution in [0.1, 0.15) is 18.4 Å². The predicted molar refractivity (Wildman–Crippen MR) is 66.6 cm³/mol. The van der Waals surface area contributed by atoms with Crippen LogP contribution in [0.15, 0.2) is 24.3 Å². The first-order valence-electron chi connectivity index (χ1n) is 6.08. The summed E-state index contributed by atoms with van der Waals surface area (Å²) in [6.07, 6.45) is 4.83. The number of likely N-dealkylation sites (tertiary alicyclic amines) is 1. The molecule has 0 atom stereocenters. The van der Waals surface area contributed by atoms with E-state index in [2.05, 4.69) is 30.4 Å². The van der Waals surface area contributed by atoms with Crippen molar-refractivity contribution in [2.24, 2.45) is 0 Å². The number of hydrogen-bond acceptors (Lipinski definition) is 2. The molecule has 0 N–H and O–H groups in total. The SMILES string of the molecule is Cc1ccc(OCCN2CC[CH]CC2)cc1. The van der Waals surface area contributed by atoms with Crippen molar-refractivity contribution >= 4 is 0 Å². The number of rotatable bonds is 4. The maximum absolute atomic E-state index is 5.71. The van der Waals surface area contributed by atoms with Gasteiger partial charge in [0, 0.05) is 6.54 Å². The molecular formula is C14H20NO. The van der Waals surface area contributed by atoms with E-state index in [0.717, 1.165) is 18.9 Å². The van der Waals surface area contributed by atoms with E-state index in [-0.39, 0.29) is 0 Å². The number of piperidine rings is 1. The zero-order chi connectivity index (χ0) is 11.2. The van der Waals surface area contributed by atoms with Crippen molar-refractivity contribution in [2.45, 2.75) is 19.8 Å². The summed E-state index contributed by atoms with van der Waals surface area (Å²) in [6.45, 7) is 6.31. The first kappa shape index (κ1) is 11.5. The average molecular weight is 218 g/mol. The maximum Gasteiger partial charge on any atom is 0.119 e.